The van der Waals surface area contributed by atoms with Crippen molar-refractivity contribution in [1.82, 2.24) is 14.6 Å². The number of nitrogen functional groups attached to an aromatic ring is 1. The number of aryl methyl sites for hydroxylation is 1. The van der Waals surface area contributed by atoms with Crippen LogP contribution in [-0.4, -0.2) is 53.3 Å². The zero-order chi connectivity index (χ0) is 24.2. The number of hydrogen-bond donors (Lipinski definition) is 2. The number of methoxy groups -OCH3 is 1. The van der Waals surface area contributed by atoms with Crippen molar-refractivity contribution < 1.29 is 18.7 Å². The zero-order valence-electron chi connectivity index (χ0n) is 19.5. The third-order valence-corrected chi connectivity index (χ3v) is 6.06. The van der Waals surface area contributed by atoms with Crippen molar-refractivity contribution in [2.75, 3.05) is 30.9 Å². The number of nitrogens with two attached hydrogens (primary N) is 1. The number of fused-ring (bicyclic) bond motifs is 1. The molecule has 3 N–H and O–H groups in total. The van der Waals surface area contributed by atoms with Gasteiger partial charge in [-0.3, -0.25) is 9.36 Å². The summed E-state index contributed by atoms with van der Waals surface area (Å²) < 4.78 is 28.3. The molecule has 4 rings (SSSR count). The number of aromatic nitrogens is 2. The highest BCUT2D eigenvalue weighted by Crippen LogP contribution is 2.39. The number of ether oxygens (including phenoxy) is 2. The van der Waals surface area contributed by atoms with E-state index in [1.54, 1.807) is 32.6 Å². The minimum absolute atomic E-state index is 0.0636. The Morgan fingerprint density at radius 2 is 1.91 bits per heavy atom. The summed E-state index contributed by atoms with van der Waals surface area (Å²) in [4.78, 5) is 39.4. The smallest absolute Gasteiger partial charge is 0.408 e. The molecule has 2 atom stereocenters. The van der Waals surface area contributed by atoms with Gasteiger partial charge in [-0.25, -0.2) is 14.0 Å². The van der Waals surface area contributed by atoms with Gasteiger partial charge in [-0.1, -0.05) is 0 Å². The lowest BCUT2D eigenvalue weighted by Gasteiger charge is -2.24. The molecule has 1 aliphatic carbocycles. The van der Waals surface area contributed by atoms with E-state index in [2.05, 4.69) is 5.32 Å². The third-order valence-electron chi connectivity index (χ3n) is 6.06. The van der Waals surface area contributed by atoms with Crippen molar-refractivity contribution in [3.63, 3.8) is 0 Å². The molecule has 33 heavy (non-hydrogen) atoms. The summed E-state index contributed by atoms with van der Waals surface area (Å²) in [5.74, 6) is 5.08. The molecule has 2 aliphatic rings. The van der Waals surface area contributed by atoms with Gasteiger partial charge in [0, 0.05) is 31.8 Å². The number of rotatable bonds is 4. The summed E-state index contributed by atoms with van der Waals surface area (Å²) in [5, 5.41) is 2.87. The molecular formula is C22H30FN5O5. The summed E-state index contributed by atoms with van der Waals surface area (Å²) in [6, 6.07) is 0.624. The number of hydrogen-bond acceptors (Lipinski definition) is 7. The van der Waals surface area contributed by atoms with E-state index in [0.29, 0.717) is 22.3 Å². The van der Waals surface area contributed by atoms with Crippen molar-refractivity contribution in [3.05, 3.63) is 38.3 Å². The molecule has 1 aromatic carbocycles. The van der Waals surface area contributed by atoms with Crippen LogP contribution in [0.4, 0.5) is 14.9 Å². The highest BCUT2D eigenvalue weighted by molar-refractivity contribution is 5.87. The number of carbonyl (C=O) groups excluding carboxylic acids is 1. The van der Waals surface area contributed by atoms with Gasteiger partial charge in [0.25, 0.3) is 5.56 Å². The normalized spacial score (nSPS) is 21.0. The van der Waals surface area contributed by atoms with Crippen LogP contribution in [0.5, 0.6) is 0 Å². The number of carbonyl (C=O) groups is 1. The number of anilines is 1. The molecule has 1 aromatic heterocycles. The van der Waals surface area contributed by atoms with Gasteiger partial charge in [0.2, 0.25) is 0 Å². The second kappa shape index (κ2) is 8.05. The van der Waals surface area contributed by atoms with Crippen LogP contribution >= 0.6 is 0 Å². The van der Waals surface area contributed by atoms with Crippen molar-refractivity contribution >= 4 is 22.7 Å². The van der Waals surface area contributed by atoms with E-state index in [0.717, 1.165) is 18.9 Å². The van der Waals surface area contributed by atoms with E-state index in [4.69, 9.17) is 15.3 Å². The van der Waals surface area contributed by atoms with E-state index < -0.39 is 40.9 Å². The SMILES string of the molecule is COC1CN(c2c(F)cc3c(=O)n(N)c(=O)n(C4CC4)c3c2C)CC1NC(=O)OC(C)(C)C. The zero-order valence-corrected chi connectivity index (χ0v) is 19.5. The van der Waals surface area contributed by atoms with Crippen molar-refractivity contribution in [3.8, 4) is 0 Å². The molecule has 1 amide bonds. The van der Waals surface area contributed by atoms with Crippen LogP contribution in [0.3, 0.4) is 0 Å². The average Bonchev–Trinajstić information content (AvgIpc) is 3.47. The Bertz CT molecular complexity index is 1230. The van der Waals surface area contributed by atoms with Gasteiger partial charge in [0.15, 0.2) is 0 Å². The Hall–Kier alpha value is -3.08. The minimum atomic E-state index is -0.735. The summed E-state index contributed by atoms with van der Waals surface area (Å²) in [6.45, 7) is 7.57. The lowest BCUT2D eigenvalue weighted by molar-refractivity contribution is 0.0417. The number of halogens is 1. The number of benzene rings is 1. The van der Waals surface area contributed by atoms with Crippen LogP contribution in [0.25, 0.3) is 10.9 Å². The molecule has 2 unspecified atom stereocenters. The molecule has 11 heteroatoms. The maximum Gasteiger partial charge on any atom is 0.408 e. The molecule has 2 aromatic rings. The molecule has 1 saturated heterocycles. The largest absolute Gasteiger partial charge is 0.444 e. The van der Waals surface area contributed by atoms with Gasteiger partial charge in [0.05, 0.1) is 28.7 Å². The van der Waals surface area contributed by atoms with Gasteiger partial charge in [-0.15, -0.1) is 0 Å². The summed E-state index contributed by atoms with van der Waals surface area (Å²) >= 11 is 0. The van der Waals surface area contributed by atoms with E-state index >= 15 is 4.39 Å². The fourth-order valence-electron chi connectivity index (χ4n) is 4.51. The Morgan fingerprint density at radius 3 is 2.48 bits per heavy atom. The van der Waals surface area contributed by atoms with Gasteiger partial charge >= 0.3 is 11.8 Å². The molecule has 1 saturated carbocycles. The Kier molecular flexibility index (Phi) is 5.63. The predicted molar refractivity (Wildman–Crippen MR) is 122 cm³/mol. The van der Waals surface area contributed by atoms with Crippen LogP contribution in [0, 0.1) is 12.7 Å². The number of alkyl carbamates (subject to hydrolysis) is 1. The standard InChI is InChI=1S/C22H30FN5O5/c1-11-17-13(19(29)28(24)21(31)27(17)12-6-7-12)8-14(23)18(11)26-9-15(16(10-26)32-5)25-20(30)33-22(2,3)4/h8,12,15-16H,6-7,9-10,24H2,1-5H3,(H,25,30). The monoisotopic (exact) mass is 463 g/mol. The fraction of sp³-hybridized carbons (Fsp3) is 0.591. The van der Waals surface area contributed by atoms with E-state index in [1.807, 2.05) is 0 Å². The first kappa shape index (κ1) is 23.1. The molecule has 1 aliphatic heterocycles. The summed E-state index contributed by atoms with van der Waals surface area (Å²) in [7, 11) is 1.52. The van der Waals surface area contributed by atoms with Crippen LogP contribution in [0.15, 0.2) is 15.7 Å². The van der Waals surface area contributed by atoms with Gasteiger partial charge in [-0.05, 0) is 46.6 Å². The quantitative estimate of drug-likeness (QED) is 0.658. The first-order valence-corrected chi connectivity index (χ1v) is 11.0. The number of nitrogens with one attached hydrogen (secondary N) is 1. The first-order chi connectivity index (χ1) is 15.4. The van der Waals surface area contributed by atoms with E-state index in [9.17, 15) is 14.4 Å². The highest BCUT2D eigenvalue weighted by atomic mass is 19.1. The lowest BCUT2D eigenvalue weighted by atomic mass is 10.1. The van der Waals surface area contributed by atoms with Crippen LogP contribution in [0.2, 0.25) is 0 Å². The van der Waals surface area contributed by atoms with Crippen molar-refractivity contribution in [1.29, 1.82) is 0 Å². The van der Waals surface area contributed by atoms with Crippen molar-refractivity contribution in [2.45, 2.75) is 64.3 Å². The highest BCUT2D eigenvalue weighted by Gasteiger charge is 2.38. The van der Waals surface area contributed by atoms with Crippen LogP contribution in [0.1, 0.15) is 45.2 Å². The molecule has 2 fully saturated rings. The Morgan fingerprint density at radius 1 is 1.24 bits per heavy atom. The summed E-state index contributed by atoms with van der Waals surface area (Å²) in [6.07, 6.45) is 0.584. The van der Waals surface area contributed by atoms with Gasteiger partial charge in [0.1, 0.15) is 11.4 Å². The van der Waals surface area contributed by atoms with E-state index in [-0.39, 0.29) is 23.7 Å². The van der Waals surface area contributed by atoms with E-state index in [1.165, 1.54) is 11.7 Å². The van der Waals surface area contributed by atoms with Crippen molar-refractivity contribution in [2.24, 2.45) is 0 Å². The van der Waals surface area contributed by atoms with Gasteiger partial charge in [-0.2, -0.15) is 4.68 Å². The fourth-order valence-corrected chi connectivity index (χ4v) is 4.51. The molecule has 10 nitrogen and oxygen atoms in total. The first-order valence-electron chi connectivity index (χ1n) is 11.0. The maximum absolute atomic E-state index is 15.4. The molecule has 0 bridgehead atoms. The lowest BCUT2D eigenvalue weighted by Crippen LogP contribution is -2.45. The summed E-state index contributed by atoms with van der Waals surface area (Å²) in [5.41, 5.74) is -0.880. The molecule has 0 spiro atoms. The molecule has 2 heterocycles. The molecule has 0 radical (unpaired) electrons. The third kappa shape index (κ3) is 4.17. The van der Waals surface area contributed by atoms with Crippen LogP contribution in [-0.2, 0) is 9.47 Å². The van der Waals surface area contributed by atoms with Gasteiger partial charge < -0.3 is 25.5 Å². The minimum Gasteiger partial charge on any atom is -0.444 e. The number of nitrogens with zero attached hydrogens (tertiary/aromatic N) is 3. The average molecular weight is 464 g/mol. The predicted octanol–water partition coefficient (Wildman–Crippen LogP) is 1.39. The molecule has 180 valence electrons. The van der Waals surface area contributed by atoms with Crippen LogP contribution < -0.4 is 27.3 Å². The number of amides is 1. The maximum atomic E-state index is 15.4. The second-order valence-electron chi connectivity index (χ2n) is 9.72. The second-order valence-corrected chi connectivity index (χ2v) is 9.72. The Labute approximate surface area is 190 Å². The topological polar surface area (TPSA) is 121 Å². The molecular weight excluding hydrogens is 433 g/mol. The Balaban J connectivity index is 1.75.